The molecule has 5 aromatic rings. The van der Waals surface area contributed by atoms with Crippen LogP contribution in [0.1, 0.15) is 11.1 Å². The number of nitrogens with zero attached hydrogens (tertiary/aromatic N) is 2. The van der Waals surface area contributed by atoms with Gasteiger partial charge in [-0.05, 0) is 66.1 Å². The average Bonchev–Trinajstić information content (AvgIpc) is 2.85. The van der Waals surface area contributed by atoms with Gasteiger partial charge in [-0.15, -0.1) is 23.8 Å². The number of rotatable bonds is 5. The summed E-state index contributed by atoms with van der Waals surface area (Å²) >= 11 is 0. The molecule has 0 bridgehead atoms. The molecule has 1 N–H and O–H groups in total. The van der Waals surface area contributed by atoms with Crippen molar-refractivity contribution < 1.29 is 30.9 Å². The number of phenolic OH excluding ortho intramolecular Hbond substituents is 1. The molecule has 4 nitrogen and oxygen atoms in total. The van der Waals surface area contributed by atoms with Crippen LogP contribution in [0.25, 0.3) is 33.6 Å². The molecule has 2 heterocycles. The summed E-state index contributed by atoms with van der Waals surface area (Å²) in [7, 11) is 0. The van der Waals surface area contributed by atoms with Gasteiger partial charge in [0.05, 0.1) is 5.69 Å². The van der Waals surface area contributed by atoms with E-state index in [1.165, 1.54) is 11.1 Å². The van der Waals surface area contributed by atoms with E-state index in [9.17, 15) is 5.11 Å². The zero-order chi connectivity index (χ0) is 23.5. The Morgan fingerprint density at radius 1 is 0.771 bits per heavy atom. The van der Waals surface area contributed by atoms with Gasteiger partial charge in [0.2, 0.25) is 5.88 Å². The normalized spacial score (nSPS) is 10.5. The fraction of sp³-hybridized carbons (Fsp3) is 0.0667. The van der Waals surface area contributed by atoms with Gasteiger partial charge in [0, 0.05) is 44.6 Å². The van der Waals surface area contributed by atoms with Crippen molar-refractivity contribution in [3.8, 4) is 51.0 Å². The molecule has 0 aliphatic heterocycles. The van der Waals surface area contributed by atoms with E-state index < -0.39 is 0 Å². The number of para-hydroxylation sites is 1. The minimum atomic E-state index is 0. The van der Waals surface area contributed by atoms with Gasteiger partial charge in [-0.3, -0.25) is 4.98 Å². The second kappa shape index (κ2) is 10.7. The zero-order valence-corrected chi connectivity index (χ0v) is 21.6. The molecule has 176 valence electrons. The third kappa shape index (κ3) is 5.34. The molecule has 0 radical (unpaired) electrons. The van der Waals surface area contributed by atoms with Crippen molar-refractivity contribution in [2.75, 3.05) is 0 Å². The minimum absolute atomic E-state index is 0. The second-order valence-electron chi connectivity index (χ2n) is 8.11. The molecular weight excluding hydrogens is 615 g/mol. The fourth-order valence-corrected chi connectivity index (χ4v) is 4.09. The Labute approximate surface area is 219 Å². The van der Waals surface area contributed by atoms with E-state index in [-0.39, 0.29) is 26.8 Å². The van der Waals surface area contributed by atoms with Crippen molar-refractivity contribution in [1.82, 2.24) is 9.97 Å². The molecule has 35 heavy (non-hydrogen) atoms. The molecule has 0 aliphatic rings. The molecule has 0 spiro atoms. The number of hydrogen-bond donors (Lipinski definition) is 1. The van der Waals surface area contributed by atoms with Crippen LogP contribution in [0.2, 0.25) is 0 Å². The third-order valence-corrected chi connectivity index (χ3v) is 5.67. The van der Waals surface area contributed by atoms with Gasteiger partial charge in [-0.2, -0.15) is 0 Å². The van der Waals surface area contributed by atoms with E-state index in [0.717, 1.165) is 22.4 Å². The van der Waals surface area contributed by atoms with E-state index in [0.29, 0.717) is 22.9 Å². The summed E-state index contributed by atoms with van der Waals surface area (Å²) in [6, 6.07) is 32.2. The van der Waals surface area contributed by atoms with Gasteiger partial charge in [0.1, 0.15) is 5.75 Å². The topological polar surface area (TPSA) is 55.2 Å². The quantitative estimate of drug-likeness (QED) is 0.204. The molecule has 5 rings (SSSR count). The third-order valence-electron chi connectivity index (χ3n) is 5.67. The Morgan fingerprint density at radius 3 is 2.23 bits per heavy atom. The molecule has 0 amide bonds. The monoisotopic (exact) mass is 638 g/mol. The molecule has 0 atom stereocenters. The molecule has 0 saturated carbocycles. The average molecular weight is 639 g/mol. The first kappa shape index (κ1) is 24.4. The Kier molecular flexibility index (Phi) is 7.43. The summed E-state index contributed by atoms with van der Waals surface area (Å²) < 4.78 is 5.89. The summed E-state index contributed by atoms with van der Waals surface area (Å²) in [5, 5.41) is 10.5. The Morgan fingerprint density at radius 2 is 1.49 bits per heavy atom. The Hall–Kier alpha value is -3.75. The number of benzene rings is 3. The van der Waals surface area contributed by atoms with E-state index >= 15 is 0 Å². The van der Waals surface area contributed by atoms with Gasteiger partial charge in [-0.25, -0.2) is 4.98 Å². The molecule has 0 unspecified atom stereocenters. The molecule has 3 aromatic carbocycles. The van der Waals surface area contributed by atoms with Crippen LogP contribution in [0.5, 0.6) is 17.4 Å². The number of aryl methyl sites for hydroxylation is 2. The first-order chi connectivity index (χ1) is 16.6. The van der Waals surface area contributed by atoms with Gasteiger partial charge in [-0.1, -0.05) is 48.5 Å². The van der Waals surface area contributed by atoms with Gasteiger partial charge < -0.3 is 9.84 Å². The number of pyridine rings is 2. The van der Waals surface area contributed by atoms with Crippen LogP contribution in [0, 0.1) is 19.9 Å². The molecule has 0 aliphatic carbocycles. The number of ether oxygens (including phenoxy) is 1. The smallest absolute Gasteiger partial charge is 0.217 e. The van der Waals surface area contributed by atoms with Crippen molar-refractivity contribution in [3.63, 3.8) is 0 Å². The van der Waals surface area contributed by atoms with E-state index in [2.05, 4.69) is 49.2 Å². The number of phenols is 1. The van der Waals surface area contributed by atoms with E-state index in [1.807, 2.05) is 48.5 Å². The number of hydrogen-bond acceptors (Lipinski definition) is 4. The van der Waals surface area contributed by atoms with Crippen LogP contribution in [0.4, 0.5) is 0 Å². The second-order valence-corrected chi connectivity index (χ2v) is 8.11. The maximum absolute atomic E-state index is 10.5. The Bertz CT molecular complexity index is 1450. The van der Waals surface area contributed by atoms with E-state index in [1.54, 1.807) is 24.4 Å². The van der Waals surface area contributed by atoms with Crippen molar-refractivity contribution in [2.24, 2.45) is 0 Å². The van der Waals surface area contributed by atoms with Crippen molar-refractivity contribution in [3.05, 3.63) is 114 Å². The molecule has 5 heteroatoms. The van der Waals surface area contributed by atoms with Crippen LogP contribution in [-0.2, 0) is 21.1 Å². The zero-order valence-electron chi connectivity index (χ0n) is 19.3. The summed E-state index contributed by atoms with van der Waals surface area (Å²) in [6.45, 7) is 4.21. The predicted molar refractivity (Wildman–Crippen MR) is 135 cm³/mol. The molecule has 2 aromatic heterocycles. The largest absolute Gasteiger partial charge is 0.507 e. The van der Waals surface area contributed by atoms with Crippen LogP contribution >= 0.6 is 0 Å². The first-order valence-electron chi connectivity index (χ1n) is 11.1. The molecular formula is C30H23N2O2Pt-. The fourth-order valence-electron chi connectivity index (χ4n) is 4.09. The van der Waals surface area contributed by atoms with Crippen molar-refractivity contribution in [2.45, 2.75) is 13.8 Å². The summed E-state index contributed by atoms with van der Waals surface area (Å²) in [4.78, 5) is 9.13. The van der Waals surface area contributed by atoms with Crippen LogP contribution in [0.15, 0.2) is 97.2 Å². The first-order valence-corrected chi connectivity index (χ1v) is 11.1. The SMILES string of the molecule is Cc1cccc(C)c1-c1cc(-c2[c-]c(Oc3ccccn3)ccc2)nc(-c2ccccc2O)c1.[Pt]. The summed E-state index contributed by atoms with van der Waals surface area (Å²) in [5.74, 6) is 1.25. The summed E-state index contributed by atoms with van der Waals surface area (Å²) in [6.07, 6.45) is 1.69. The minimum Gasteiger partial charge on any atom is -0.507 e. The summed E-state index contributed by atoms with van der Waals surface area (Å²) in [5.41, 5.74) is 7.44. The maximum atomic E-state index is 10.5. The van der Waals surface area contributed by atoms with Crippen LogP contribution in [0.3, 0.4) is 0 Å². The van der Waals surface area contributed by atoms with Crippen LogP contribution in [-0.4, -0.2) is 15.1 Å². The van der Waals surface area contributed by atoms with Gasteiger partial charge >= 0.3 is 0 Å². The van der Waals surface area contributed by atoms with Crippen molar-refractivity contribution >= 4 is 0 Å². The standard InChI is InChI=1S/C30H23N2O2.Pt/c1-20-9-7-10-21(2)30(20)23-18-26(32-27(19-23)25-13-3-4-14-28(25)33)22-11-8-12-24(17-22)34-29-15-5-6-16-31-29;/h3-16,18-19,33H,1-2H3;/q-1;. The number of aromatic hydroxyl groups is 1. The van der Waals surface area contributed by atoms with Gasteiger partial charge in [0.15, 0.2) is 0 Å². The molecule has 0 fully saturated rings. The molecule has 0 saturated heterocycles. The predicted octanol–water partition coefficient (Wildman–Crippen LogP) is 7.39. The van der Waals surface area contributed by atoms with Gasteiger partial charge in [0.25, 0.3) is 0 Å². The van der Waals surface area contributed by atoms with E-state index in [4.69, 9.17) is 9.72 Å². The maximum Gasteiger partial charge on any atom is 0.217 e. The van der Waals surface area contributed by atoms with Crippen molar-refractivity contribution in [1.29, 1.82) is 0 Å². The Balaban J connectivity index is 0.00000289. The number of aromatic nitrogens is 2. The van der Waals surface area contributed by atoms with Crippen LogP contribution < -0.4 is 4.74 Å².